The lowest BCUT2D eigenvalue weighted by atomic mass is 10.1. The van der Waals surface area contributed by atoms with Crippen molar-refractivity contribution >= 4 is 33.6 Å². The van der Waals surface area contributed by atoms with Gasteiger partial charge in [-0.2, -0.15) is 0 Å². The van der Waals surface area contributed by atoms with Crippen LogP contribution in [0, 0.1) is 27.3 Å². The highest BCUT2D eigenvalue weighted by atomic mass is 35.7. The molecule has 146 valence electrons. The number of halogens is 1. The molecule has 10 nitrogen and oxygen atoms in total. The molecule has 0 atom stereocenters. The average molecular weight is 425 g/mol. The molecule has 1 aliphatic rings. The van der Waals surface area contributed by atoms with Crippen LogP contribution in [0.25, 0.3) is 16.6 Å². The van der Waals surface area contributed by atoms with E-state index in [1.54, 1.807) is 23.5 Å². The van der Waals surface area contributed by atoms with E-state index in [0.29, 0.717) is 0 Å². The van der Waals surface area contributed by atoms with Crippen molar-refractivity contribution in [2.45, 2.75) is 19.8 Å². The zero-order valence-electron chi connectivity index (χ0n) is 14.4. The number of fused-ring (bicyclic) bond motifs is 3. The van der Waals surface area contributed by atoms with Gasteiger partial charge in [0.2, 0.25) is 0 Å². The lowest BCUT2D eigenvalue weighted by Crippen LogP contribution is -2.68. The zero-order valence-corrected chi connectivity index (χ0v) is 16.0. The van der Waals surface area contributed by atoms with Crippen LogP contribution in [-0.2, 0) is 6.42 Å². The Morgan fingerprint density at radius 3 is 2.43 bits per heavy atom. The summed E-state index contributed by atoms with van der Waals surface area (Å²) in [7, 11) is -4.94. The number of rotatable bonds is 2. The molecule has 1 aromatic carbocycles. The maximum atomic E-state index is 10.7. The fourth-order valence-corrected chi connectivity index (χ4v) is 3.59. The number of nitro groups is 1. The third kappa shape index (κ3) is 4.84. The predicted molar refractivity (Wildman–Crippen MR) is 87.1 cm³/mol. The smallest absolute Gasteiger partial charge is 0.258 e. The number of benzene rings is 1. The van der Waals surface area contributed by atoms with E-state index in [1.807, 2.05) is 17.6 Å². The molecule has 0 radical (unpaired) electrons. The Balaban J connectivity index is 0.000000403. The third-order valence-electron chi connectivity index (χ3n) is 3.92. The molecule has 0 saturated carbocycles. The summed E-state index contributed by atoms with van der Waals surface area (Å²) in [6, 6.07) is 6.62. The second-order valence-electron chi connectivity index (χ2n) is 5.84. The Morgan fingerprint density at radius 1 is 1.18 bits per heavy atom. The van der Waals surface area contributed by atoms with E-state index in [1.165, 1.54) is 23.3 Å². The number of hydrogen-bond donors (Lipinski definition) is 0. The Kier molecular flexibility index (Phi) is 5.65. The maximum Gasteiger partial charge on any atom is 0.410 e. The summed E-state index contributed by atoms with van der Waals surface area (Å²) in [6.45, 7) is 1.97. The van der Waals surface area contributed by atoms with Gasteiger partial charge in [0.1, 0.15) is 11.2 Å². The first-order valence-electron chi connectivity index (χ1n) is 7.86. The molecule has 0 fully saturated rings. The monoisotopic (exact) mass is 424 g/mol. The van der Waals surface area contributed by atoms with E-state index in [9.17, 15) is 10.1 Å². The van der Waals surface area contributed by atoms with Gasteiger partial charge in [0.05, 0.1) is 4.92 Å². The Morgan fingerprint density at radius 2 is 1.82 bits per heavy atom. The van der Waals surface area contributed by atoms with Gasteiger partial charge in [-0.05, 0) is 59.9 Å². The molecule has 2 aromatic heterocycles. The highest BCUT2D eigenvalue weighted by molar-refractivity contribution is 7.16. The number of hydrogen-bond acceptors (Lipinski definition) is 9. The molecule has 4 rings (SSSR count). The molecule has 0 spiro atoms. The van der Waals surface area contributed by atoms with Gasteiger partial charge in [-0.1, -0.05) is 9.61 Å². The van der Waals surface area contributed by atoms with Gasteiger partial charge >= 0.3 is 4.96 Å². The summed E-state index contributed by atoms with van der Waals surface area (Å²) in [5, 5.41) is 16.3. The van der Waals surface area contributed by atoms with Crippen LogP contribution in [0.2, 0.25) is 0 Å². The quantitative estimate of drug-likeness (QED) is 0.264. The van der Waals surface area contributed by atoms with E-state index in [0.717, 1.165) is 34.1 Å². The van der Waals surface area contributed by atoms with Crippen LogP contribution >= 0.6 is 11.3 Å². The Bertz CT molecular complexity index is 1060. The molecular weight excluding hydrogens is 412 g/mol. The SMILES string of the molecule is Cc1n[n+]2c3c(cnc2s1)CC/C3=C/c1ccc([N+](=O)[O-])cc1.[O-][Cl+3]([O-])([O-])[O-]. The van der Waals surface area contributed by atoms with Gasteiger partial charge < -0.3 is 0 Å². The third-order valence-corrected chi connectivity index (χ3v) is 4.76. The van der Waals surface area contributed by atoms with E-state index >= 15 is 0 Å². The largest absolute Gasteiger partial charge is 0.410 e. The number of aryl methyl sites for hydroxylation is 2. The zero-order chi connectivity index (χ0) is 20.5. The fourth-order valence-electron chi connectivity index (χ4n) is 2.88. The molecule has 1 aliphatic carbocycles. The first kappa shape index (κ1) is 20.2. The Hall–Kier alpha value is -2.54. The van der Waals surface area contributed by atoms with Crippen molar-refractivity contribution in [3.05, 3.63) is 62.4 Å². The molecule has 12 heteroatoms. The molecule has 0 amide bonds. The van der Waals surface area contributed by atoms with Gasteiger partial charge in [-0.3, -0.25) is 10.1 Å². The van der Waals surface area contributed by atoms with Crippen LogP contribution in [0.1, 0.15) is 28.2 Å². The van der Waals surface area contributed by atoms with Crippen molar-refractivity contribution < 1.29 is 38.3 Å². The normalized spacial score (nSPS) is 14.7. The summed E-state index contributed by atoms with van der Waals surface area (Å²) in [4.78, 5) is 15.7. The minimum Gasteiger partial charge on any atom is -0.258 e. The second kappa shape index (κ2) is 7.83. The first-order valence-corrected chi connectivity index (χ1v) is 9.91. The predicted octanol–water partition coefficient (Wildman–Crippen LogP) is -1.78. The molecule has 0 unspecified atom stereocenters. The van der Waals surface area contributed by atoms with E-state index in [4.69, 9.17) is 18.6 Å². The van der Waals surface area contributed by atoms with Gasteiger partial charge in [-0.25, -0.2) is 18.6 Å². The minimum absolute atomic E-state index is 0.107. The van der Waals surface area contributed by atoms with E-state index in [2.05, 4.69) is 16.2 Å². The van der Waals surface area contributed by atoms with Crippen molar-refractivity contribution in [1.82, 2.24) is 10.1 Å². The van der Waals surface area contributed by atoms with Gasteiger partial charge in [-0.15, -0.1) is 10.2 Å². The molecule has 0 N–H and O–H groups in total. The molecule has 0 aliphatic heterocycles. The van der Waals surface area contributed by atoms with Crippen molar-refractivity contribution in [2.75, 3.05) is 0 Å². The van der Waals surface area contributed by atoms with Crippen molar-refractivity contribution in [1.29, 1.82) is 0 Å². The highest BCUT2D eigenvalue weighted by Crippen LogP contribution is 2.31. The molecule has 3 aromatic rings. The van der Waals surface area contributed by atoms with Crippen molar-refractivity contribution in [2.24, 2.45) is 0 Å². The van der Waals surface area contributed by atoms with Crippen LogP contribution in [0.3, 0.4) is 0 Å². The number of aromatic nitrogens is 3. The van der Waals surface area contributed by atoms with Crippen LogP contribution in [0.5, 0.6) is 0 Å². The number of allylic oxidation sites excluding steroid dienone is 1. The maximum absolute atomic E-state index is 10.7. The van der Waals surface area contributed by atoms with Gasteiger partial charge in [0, 0.05) is 23.3 Å². The first-order chi connectivity index (χ1) is 13.1. The van der Waals surface area contributed by atoms with Gasteiger partial charge in [0.25, 0.3) is 5.69 Å². The van der Waals surface area contributed by atoms with E-state index in [-0.39, 0.29) is 10.6 Å². The highest BCUT2D eigenvalue weighted by Gasteiger charge is 2.28. The van der Waals surface area contributed by atoms with Crippen molar-refractivity contribution in [3.8, 4) is 0 Å². The lowest BCUT2D eigenvalue weighted by molar-refractivity contribution is -2.00. The number of nitro benzene ring substituents is 1. The van der Waals surface area contributed by atoms with Crippen molar-refractivity contribution in [3.63, 3.8) is 0 Å². The van der Waals surface area contributed by atoms with Crippen LogP contribution in [-0.4, -0.2) is 15.0 Å². The number of nitrogens with zero attached hydrogens (tertiary/aromatic N) is 4. The molecule has 2 heterocycles. The van der Waals surface area contributed by atoms with Crippen LogP contribution in [0.4, 0.5) is 5.69 Å². The standard InChI is InChI=1S/C16H13N4O2S.ClHO4/c1-10-18-19-15-12(4-5-13(15)9-17-16(19)23-10)8-11-2-6-14(7-3-11)20(21)22;2-1(3,4)5/h2-3,6-9H,4-5H2,1H3;(H,2,3,4,5)/q+1;/p-1/b12-8-;. The summed E-state index contributed by atoms with van der Waals surface area (Å²) in [5.41, 5.74) is 4.56. The van der Waals surface area contributed by atoms with Crippen LogP contribution < -0.4 is 23.2 Å². The minimum atomic E-state index is -4.94. The molecular formula is C16H13ClN4O6S. The summed E-state index contributed by atoms with van der Waals surface area (Å²) in [6.07, 6.45) is 5.88. The van der Waals surface area contributed by atoms with Gasteiger partial charge in [0.15, 0.2) is 5.69 Å². The fraction of sp³-hybridized carbons (Fsp3) is 0.188. The topological polar surface area (TPSA) is 165 Å². The Labute approximate surface area is 164 Å². The summed E-state index contributed by atoms with van der Waals surface area (Å²) >= 11 is 1.57. The molecule has 28 heavy (non-hydrogen) atoms. The van der Waals surface area contributed by atoms with Crippen LogP contribution in [0.15, 0.2) is 30.5 Å². The molecule has 0 bridgehead atoms. The van der Waals surface area contributed by atoms with E-state index < -0.39 is 10.2 Å². The average Bonchev–Trinajstić information content (AvgIpc) is 3.16. The summed E-state index contributed by atoms with van der Waals surface area (Å²) in [5.74, 6) is 0. The number of non-ortho nitro benzene ring substituents is 1. The second-order valence-corrected chi connectivity index (χ2v) is 7.76. The lowest BCUT2D eigenvalue weighted by Gasteiger charge is -2.17. The molecule has 0 saturated heterocycles. The summed E-state index contributed by atoms with van der Waals surface area (Å²) < 4.78 is 35.9.